The first-order valence-electron chi connectivity index (χ1n) is 5.25. The van der Waals surface area contributed by atoms with Crippen molar-refractivity contribution < 1.29 is 4.79 Å². The summed E-state index contributed by atoms with van der Waals surface area (Å²) in [5.41, 5.74) is 1.70. The van der Waals surface area contributed by atoms with Gasteiger partial charge in [0.1, 0.15) is 5.69 Å². The Kier molecular flexibility index (Phi) is 2.92. The first kappa shape index (κ1) is 11.1. The van der Waals surface area contributed by atoms with Gasteiger partial charge in [0, 0.05) is 11.4 Å². The minimum absolute atomic E-state index is 0.0909. The molecular formula is C12H14N2OS. The zero-order chi connectivity index (χ0) is 11.7. The fourth-order valence-corrected chi connectivity index (χ4v) is 2.43. The van der Waals surface area contributed by atoms with Crippen molar-refractivity contribution in [3.63, 3.8) is 0 Å². The molecule has 0 atom stereocenters. The molecule has 0 fully saturated rings. The zero-order valence-electron chi connectivity index (χ0n) is 9.57. The third kappa shape index (κ3) is 1.93. The van der Waals surface area contributed by atoms with Gasteiger partial charge < -0.3 is 5.32 Å². The van der Waals surface area contributed by atoms with Gasteiger partial charge in [0.15, 0.2) is 0 Å². The highest BCUT2D eigenvalue weighted by atomic mass is 32.1. The fraction of sp³-hybridized carbons (Fsp3) is 0.333. The van der Waals surface area contributed by atoms with E-state index in [4.69, 9.17) is 0 Å². The van der Waals surface area contributed by atoms with E-state index >= 15 is 0 Å². The molecule has 0 spiro atoms. The lowest BCUT2D eigenvalue weighted by Gasteiger charge is -2.06. The van der Waals surface area contributed by atoms with Crippen LogP contribution in [0.3, 0.4) is 0 Å². The van der Waals surface area contributed by atoms with Gasteiger partial charge in [0.25, 0.3) is 5.91 Å². The molecule has 1 amide bonds. The summed E-state index contributed by atoms with van der Waals surface area (Å²) in [4.78, 5) is 11.9. The van der Waals surface area contributed by atoms with E-state index in [2.05, 4.69) is 9.69 Å². The number of hydrogen-bond donors (Lipinski definition) is 1. The Bertz CT molecular complexity index is 531. The third-order valence-electron chi connectivity index (χ3n) is 2.33. The number of fused-ring (bicyclic) bond motifs is 1. The minimum Gasteiger partial charge on any atom is -0.348 e. The minimum atomic E-state index is -0.0909. The van der Waals surface area contributed by atoms with Crippen LogP contribution in [0.1, 0.15) is 29.9 Å². The second kappa shape index (κ2) is 4.22. The molecule has 0 saturated heterocycles. The first-order valence-corrected chi connectivity index (χ1v) is 6.03. The van der Waals surface area contributed by atoms with Crippen molar-refractivity contribution in [3.8, 4) is 0 Å². The van der Waals surface area contributed by atoms with Gasteiger partial charge in [-0.15, -0.1) is 0 Å². The molecule has 0 saturated carbocycles. The largest absolute Gasteiger partial charge is 0.348 e. The Morgan fingerprint density at radius 3 is 2.88 bits per heavy atom. The summed E-state index contributed by atoms with van der Waals surface area (Å²) in [7, 11) is 0. The summed E-state index contributed by atoms with van der Waals surface area (Å²) in [5, 5.41) is 3.81. The Morgan fingerprint density at radius 1 is 1.44 bits per heavy atom. The summed E-state index contributed by atoms with van der Waals surface area (Å²) in [6.07, 6.45) is 0. The van der Waals surface area contributed by atoms with Crippen molar-refractivity contribution in [2.75, 3.05) is 0 Å². The number of rotatable bonds is 2. The van der Waals surface area contributed by atoms with E-state index in [0.717, 1.165) is 10.1 Å². The van der Waals surface area contributed by atoms with Crippen molar-refractivity contribution in [2.24, 2.45) is 0 Å². The molecule has 84 valence electrons. The van der Waals surface area contributed by atoms with Crippen LogP contribution in [-0.4, -0.2) is 16.3 Å². The Labute approximate surface area is 98.7 Å². The normalized spacial score (nSPS) is 11.0. The predicted molar refractivity (Wildman–Crippen MR) is 67.0 cm³/mol. The van der Waals surface area contributed by atoms with Gasteiger partial charge in [-0.3, -0.25) is 4.79 Å². The predicted octanol–water partition coefficient (Wildman–Crippen LogP) is 2.74. The van der Waals surface area contributed by atoms with E-state index in [9.17, 15) is 4.79 Å². The fourth-order valence-electron chi connectivity index (χ4n) is 1.59. The molecule has 0 aliphatic rings. The second-order valence-electron chi connectivity index (χ2n) is 4.11. The quantitative estimate of drug-likeness (QED) is 0.868. The lowest BCUT2D eigenvalue weighted by molar-refractivity contribution is 0.0941. The third-order valence-corrected chi connectivity index (χ3v) is 3.33. The van der Waals surface area contributed by atoms with Gasteiger partial charge in [-0.2, -0.15) is 4.37 Å². The Hall–Kier alpha value is -1.42. The molecule has 1 N–H and O–H groups in total. The van der Waals surface area contributed by atoms with Crippen LogP contribution in [0, 0.1) is 6.92 Å². The van der Waals surface area contributed by atoms with Crippen LogP contribution in [0.5, 0.6) is 0 Å². The van der Waals surface area contributed by atoms with Crippen molar-refractivity contribution in [1.29, 1.82) is 0 Å². The summed E-state index contributed by atoms with van der Waals surface area (Å²) in [6.45, 7) is 5.92. The van der Waals surface area contributed by atoms with Gasteiger partial charge in [0.2, 0.25) is 0 Å². The topological polar surface area (TPSA) is 42.0 Å². The molecule has 2 aromatic rings. The molecule has 4 heteroatoms. The van der Waals surface area contributed by atoms with Crippen LogP contribution >= 0.6 is 11.5 Å². The van der Waals surface area contributed by atoms with Crippen molar-refractivity contribution in [3.05, 3.63) is 29.5 Å². The van der Waals surface area contributed by atoms with Crippen LogP contribution in [0.4, 0.5) is 0 Å². The second-order valence-corrected chi connectivity index (χ2v) is 4.88. The molecule has 16 heavy (non-hydrogen) atoms. The highest BCUT2D eigenvalue weighted by Crippen LogP contribution is 2.25. The highest BCUT2D eigenvalue weighted by Gasteiger charge is 2.15. The van der Waals surface area contributed by atoms with Crippen LogP contribution in [0.25, 0.3) is 10.1 Å². The van der Waals surface area contributed by atoms with E-state index in [1.807, 2.05) is 39.0 Å². The molecule has 1 heterocycles. The maximum absolute atomic E-state index is 11.9. The number of aromatic nitrogens is 1. The summed E-state index contributed by atoms with van der Waals surface area (Å²) < 4.78 is 5.33. The molecule has 0 radical (unpaired) electrons. The van der Waals surface area contributed by atoms with Crippen LogP contribution < -0.4 is 5.32 Å². The van der Waals surface area contributed by atoms with E-state index < -0.39 is 0 Å². The molecular weight excluding hydrogens is 220 g/mol. The molecule has 1 aromatic heterocycles. The molecule has 0 bridgehead atoms. The van der Waals surface area contributed by atoms with E-state index in [1.165, 1.54) is 17.1 Å². The van der Waals surface area contributed by atoms with Crippen molar-refractivity contribution in [2.45, 2.75) is 26.8 Å². The van der Waals surface area contributed by atoms with Gasteiger partial charge in [-0.05, 0) is 37.9 Å². The summed E-state index contributed by atoms with van der Waals surface area (Å²) >= 11 is 1.39. The molecule has 1 aromatic carbocycles. The SMILES string of the molecule is Cc1cccc2c(C(=O)NC(C)C)nsc12. The molecule has 0 unspecified atom stereocenters. The molecule has 2 rings (SSSR count). The van der Waals surface area contributed by atoms with Crippen molar-refractivity contribution >= 4 is 27.5 Å². The standard InChI is InChI=1S/C12H14N2OS/c1-7(2)13-12(15)10-9-6-4-5-8(3)11(9)16-14-10/h4-7H,1-3H3,(H,13,15). The Balaban J connectivity index is 2.46. The number of hydrogen-bond acceptors (Lipinski definition) is 3. The maximum atomic E-state index is 11.9. The number of nitrogens with one attached hydrogen (secondary N) is 1. The highest BCUT2D eigenvalue weighted by molar-refractivity contribution is 7.13. The van der Waals surface area contributed by atoms with E-state index in [0.29, 0.717) is 5.69 Å². The Morgan fingerprint density at radius 2 is 2.19 bits per heavy atom. The number of amides is 1. The average Bonchev–Trinajstić information content (AvgIpc) is 2.61. The number of benzene rings is 1. The van der Waals surface area contributed by atoms with Gasteiger partial charge in [-0.1, -0.05) is 18.2 Å². The smallest absolute Gasteiger partial charge is 0.271 e. The van der Waals surface area contributed by atoms with Crippen LogP contribution in [0.2, 0.25) is 0 Å². The summed E-state index contributed by atoms with van der Waals surface area (Å²) in [6, 6.07) is 6.07. The summed E-state index contributed by atoms with van der Waals surface area (Å²) in [5.74, 6) is -0.0909. The van der Waals surface area contributed by atoms with Crippen LogP contribution in [0.15, 0.2) is 18.2 Å². The number of nitrogens with zero attached hydrogens (tertiary/aromatic N) is 1. The lowest BCUT2D eigenvalue weighted by Crippen LogP contribution is -2.30. The van der Waals surface area contributed by atoms with Crippen LogP contribution in [-0.2, 0) is 0 Å². The molecule has 0 aliphatic heterocycles. The maximum Gasteiger partial charge on any atom is 0.271 e. The first-order chi connectivity index (χ1) is 7.59. The monoisotopic (exact) mass is 234 g/mol. The van der Waals surface area contributed by atoms with Crippen molar-refractivity contribution in [1.82, 2.24) is 9.69 Å². The average molecular weight is 234 g/mol. The van der Waals surface area contributed by atoms with E-state index in [1.54, 1.807) is 0 Å². The van der Waals surface area contributed by atoms with Gasteiger partial charge in [0.05, 0.1) is 4.70 Å². The lowest BCUT2D eigenvalue weighted by atomic mass is 10.1. The van der Waals surface area contributed by atoms with Gasteiger partial charge >= 0.3 is 0 Å². The zero-order valence-corrected chi connectivity index (χ0v) is 10.4. The van der Waals surface area contributed by atoms with Gasteiger partial charge in [-0.25, -0.2) is 0 Å². The molecule has 3 nitrogen and oxygen atoms in total. The molecule has 0 aliphatic carbocycles. The van der Waals surface area contributed by atoms with E-state index in [-0.39, 0.29) is 11.9 Å². The number of aryl methyl sites for hydroxylation is 1. The number of carbonyl (C=O) groups is 1. The number of carbonyl (C=O) groups excluding carboxylic acids is 1.